The standard InChI is InChI=1S/C14H21FN2O3S/c1-12-11-13(3-4-14(12)15)21(18,19)16(2)5-6-17-7-9-20-10-8-17/h3-4,11H,5-10H2,1-2H3. The average Bonchev–Trinajstić information content (AvgIpc) is 2.48. The van der Waals surface area contributed by atoms with Gasteiger partial charge in [0.1, 0.15) is 5.82 Å². The normalized spacial score (nSPS) is 17.3. The molecule has 0 aliphatic carbocycles. The second-order valence-electron chi connectivity index (χ2n) is 5.19. The SMILES string of the molecule is Cc1cc(S(=O)(=O)N(C)CCN2CCOCC2)ccc1F. The van der Waals surface area contributed by atoms with Crippen molar-refractivity contribution in [3.8, 4) is 0 Å². The van der Waals surface area contributed by atoms with E-state index in [0.717, 1.165) is 13.1 Å². The average molecular weight is 316 g/mol. The van der Waals surface area contributed by atoms with Gasteiger partial charge in [-0.3, -0.25) is 4.90 Å². The summed E-state index contributed by atoms with van der Waals surface area (Å²) in [5.74, 6) is -0.398. The summed E-state index contributed by atoms with van der Waals surface area (Å²) in [4.78, 5) is 2.30. The molecule has 0 N–H and O–H groups in total. The molecule has 1 aromatic rings. The van der Waals surface area contributed by atoms with Crippen LogP contribution in [0.3, 0.4) is 0 Å². The van der Waals surface area contributed by atoms with Crippen molar-refractivity contribution in [3.05, 3.63) is 29.6 Å². The van der Waals surface area contributed by atoms with Crippen molar-refractivity contribution in [1.82, 2.24) is 9.21 Å². The molecule has 2 rings (SSSR count). The van der Waals surface area contributed by atoms with Gasteiger partial charge in [-0.15, -0.1) is 0 Å². The molecule has 0 spiro atoms. The van der Waals surface area contributed by atoms with Crippen LogP contribution in [-0.4, -0.2) is 64.1 Å². The van der Waals surface area contributed by atoms with Gasteiger partial charge in [-0.05, 0) is 30.7 Å². The van der Waals surface area contributed by atoms with Crippen LogP contribution < -0.4 is 0 Å². The van der Waals surface area contributed by atoms with Crippen LogP contribution in [0.15, 0.2) is 23.1 Å². The van der Waals surface area contributed by atoms with Crippen molar-refractivity contribution in [2.45, 2.75) is 11.8 Å². The maximum Gasteiger partial charge on any atom is 0.242 e. The van der Waals surface area contributed by atoms with E-state index in [-0.39, 0.29) is 4.90 Å². The molecule has 1 aliphatic heterocycles. The number of morpholine rings is 1. The van der Waals surface area contributed by atoms with Crippen LogP contribution in [0, 0.1) is 12.7 Å². The van der Waals surface area contributed by atoms with Gasteiger partial charge in [0, 0.05) is 33.2 Å². The molecule has 0 unspecified atom stereocenters. The minimum atomic E-state index is -3.57. The summed E-state index contributed by atoms with van der Waals surface area (Å²) in [5.41, 5.74) is 0.331. The van der Waals surface area contributed by atoms with E-state index in [4.69, 9.17) is 4.74 Å². The van der Waals surface area contributed by atoms with Gasteiger partial charge in [0.15, 0.2) is 0 Å². The van der Waals surface area contributed by atoms with Crippen LogP contribution in [-0.2, 0) is 14.8 Å². The number of likely N-dealkylation sites (N-methyl/N-ethyl adjacent to an activating group) is 1. The first kappa shape index (κ1) is 16.4. The number of hydrogen-bond acceptors (Lipinski definition) is 4. The van der Waals surface area contributed by atoms with E-state index in [9.17, 15) is 12.8 Å². The zero-order chi connectivity index (χ0) is 15.5. The zero-order valence-corrected chi connectivity index (χ0v) is 13.2. The Kier molecular flexibility index (Phi) is 5.32. The molecule has 0 amide bonds. The Balaban J connectivity index is 2.02. The van der Waals surface area contributed by atoms with Crippen molar-refractivity contribution in [2.75, 3.05) is 46.4 Å². The third-order valence-electron chi connectivity index (χ3n) is 3.67. The van der Waals surface area contributed by atoms with Gasteiger partial charge in [-0.1, -0.05) is 0 Å². The maximum absolute atomic E-state index is 13.3. The number of nitrogens with zero attached hydrogens (tertiary/aromatic N) is 2. The number of rotatable bonds is 5. The third-order valence-corrected chi connectivity index (χ3v) is 5.53. The Labute approximate surface area is 125 Å². The van der Waals surface area contributed by atoms with E-state index in [2.05, 4.69) is 4.90 Å². The Morgan fingerprint density at radius 3 is 2.62 bits per heavy atom. The lowest BCUT2D eigenvalue weighted by molar-refractivity contribution is 0.0368. The minimum absolute atomic E-state index is 0.130. The van der Waals surface area contributed by atoms with Crippen LogP contribution in [0.2, 0.25) is 0 Å². The topological polar surface area (TPSA) is 49.9 Å². The van der Waals surface area contributed by atoms with E-state index < -0.39 is 15.8 Å². The van der Waals surface area contributed by atoms with Gasteiger partial charge in [-0.25, -0.2) is 12.8 Å². The molecule has 0 aromatic heterocycles. The molecular weight excluding hydrogens is 295 g/mol. The molecule has 1 aliphatic rings. The molecule has 118 valence electrons. The molecule has 1 heterocycles. The fourth-order valence-corrected chi connectivity index (χ4v) is 3.43. The van der Waals surface area contributed by atoms with Gasteiger partial charge < -0.3 is 4.74 Å². The fourth-order valence-electron chi connectivity index (χ4n) is 2.18. The van der Waals surface area contributed by atoms with Crippen molar-refractivity contribution in [2.24, 2.45) is 0 Å². The fraction of sp³-hybridized carbons (Fsp3) is 0.571. The highest BCUT2D eigenvalue weighted by Gasteiger charge is 2.22. The lowest BCUT2D eigenvalue weighted by Crippen LogP contribution is -2.41. The van der Waals surface area contributed by atoms with E-state index in [1.165, 1.54) is 22.5 Å². The summed E-state index contributed by atoms with van der Waals surface area (Å²) in [7, 11) is -2.02. The Bertz CT molecular complexity index is 586. The Hall–Kier alpha value is -1.02. The van der Waals surface area contributed by atoms with Crippen molar-refractivity contribution in [1.29, 1.82) is 0 Å². The molecule has 0 atom stereocenters. The molecule has 1 saturated heterocycles. The Morgan fingerprint density at radius 2 is 2.00 bits per heavy atom. The highest BCUT2D eigenvalue weighted by atomic mass is 32.2. The molecule has 5 nitrogen and oxygen atoms in total. The second kappa shape index (κ2) is 6.83. The number of ether oxygens (including phenoxy) is 1. The largest absolute Gasteiger partial charge is 0.379 e. The van der Waals surface area contributed by atoms with Gasteiger partial charge in [0.05, 0.1) is 18.1 Å². The van der Waals surface area contributed by atoms with Gasteiger partial charge >= 0.3 is 0 Å². The van der Waals surface area contributed by atoms with E-state index in [1.54, 1.807) is 14.0 Å². The lowest BCUT2D eigenvalue weighted by atomic mass is 10.2. The first-order valence-corrected chi connectivity index (χ1v) is 8.38. The van der Waals surface area contributed by atoms with Crippen LogP contribution in [0.25, 0.3) is 0 Å². The maximum atomic E-state index is 13.3. The summed E-state index contributed by atoms with van der Waals surface area (Å²) in [6.45, 7) is 5.65. The van der Waals surface area contributed by atoms with Crippen LogP contribution >= 0.6 is 0 Å². The first-order valence-electron chi connectivity index (χ1n) is 6.94. The molecule has 1 fully saturated rings. The zero-order valence-electron chi connectivity index (χ0n) is 12.4. The van der Waals surface area contributed by atoms with Crippen LogP contribution in [0.5, 0.6) is 0 Å². The highest BCUT2D eigenvalue weighted by molar-refractivity contribution is 7.89. The van der Waals surface area contributed by atoms with Gasteiger partial charge in [0.2, 0.25) is 10.0 Å². The summed E-state index contributed by atoms with van der Waals surface area (Å²) in [5, 5.41) is 0. The minimum Gasteiger partial charge on any atom is -0.379 e. The monoisotopic (exact) mass is 316 g/mol. The number of benzene rings is 1. The molecule has 7 heteroatoms. The van der Waals surface area contributed by atoms with Crippen molar-refractivity contribution < 1.29 is 17.5 Å². The highest BCUT2D eigenvalue weighted by Crippen LogP contribution is 2.17. The number of halogens is 1. The smallest absolute Gasteiger partial charge is 0.242 e. The lowest BCUT2D eigenvalue weighted by Gasteiger charge is -2.28. The number of sulfonamides is 1. The summed E-state index contributed by atoms with van der Waals surface area (Å²) in [6.07, 6.45) is 0. The second-order valence-corrected chi connectivity index (χ2v) is 7.24. The molecular formula is C14H21FN2O3S. The van der Waals surface area contributed by atoms with Gasteiger partial charge in [-0.2, -0.15) is 4.31 Å². The van der Waals surface area contributed by atoms with E-state index in [0.29, 0.717) is 31.9 Å². The van der Waals surface area contributed by atoms with E-state index >= 15 is 0 Å². The number of hydrogen-bond donors (Lipinski definition) is 0. The quantitative estimate of drug-likeness (QED) is 0.816. The first-order chi connectivity index (χ1) is 9.91. The number of aryl methyl sites for hydroxylation is 1. The summed E-state index contributed by atoms with van der Waals surface area (Å²) < 4.78 is 44.7. The van der Waals surface area contributed by atoms with Crippen LogP contribution in [0.4, 0.5) is 4.39 Å². The molecule has 1 aromatic carbocycles. The third kappa shape index (κ3) is 4.00. The van der Waals surface area contributed by atoms with Crippen molar-refractivity contribution in [3.63, 3.8) is 0 Å². The molecule has 21 heavy (non-hydrogen) atoms. The van der Waals surface area contributed by atoms with E-state index in [1.807, 2.05) is 0 Å². The van der Waals surface area contributed by atoms with Gasteiger partial charge in [0.25, 0.3) is 0 Å². The molecule has 0 radical (unpaired) electrons. The predicted octanol–water partition coefficient (Wildman–Crippen LogP) is 1.09. The summed E-state index contributed by atoms with van der Waals surface area (Å²) >= 11 is 0. The van der Waals surface area contributed by atoms with Crippen LogP contribution in [0.1, 0.15) is 5.56 Å². The summed E-state index contributed by atoms with van der Waals surface area (Å²) in [6, 6.07) is 3.87. The molecule has 0 saturated carbocycles. The van der Waals surface area contributed by atoms with Crippen molar-refractivity contribution >= 4 is 10.0 Å². The molecule has 0 bridgehead atoms. The predicted molar refractivity (Wildman–Crippen MR) is 78.2 cm³/mol. The Morgan fingerprint density at radius 1 is 1.33 bits per heavy atom.